The second-order valence-corrected chi connectivity index (χ2v) is 3.21. The fraction of sp³-hybridized carbons (Fsp3) is 0.636. The molecule has 1 saturated heterocycles. The molecule has 0 radical (unpaired) electrons. The number of carboxylic acid groups (broad SMARTS) is 2. The van der Waals surface area contributed by atoms with Gasteiger partial charge in [-0.2, -0.15) is 0 Å². The summed E-state index contributed by atoms with van der Waals surface area (Å²) in [6.07, 6.45) is -2.02. The Morgan fingerprint density at radius 3 is 1.64 bits per heavy atom. The molecule has 0 aromatic carbocycles. The summed E-state index contributed by atoms with van der Waals surface area (Å²) in [7, 11) is 2.51. The number of hydrogen-bond donors (Lipinski definition) is 2. The third-order valence-corrected chi connectivity index (χ3v) is 1.66. The molecule has 0 amide bonds. The summed E-state index contributed by atoms with van der Waals surface area (Å²) in [4.78, 5) is 39.0. The van der Waals surface area contributed by atoms with Crippen LogP contribution in [0.1, 0.15) is 12.8 Å². The van der Waals surface area contributed by atoms with E-state index in [9.17, 15) is 19.2 Å². The highest BCUT2D eigenvalue weighted by Gasteiger charge is 2.08. The molecule has 0 aromatic rings. The van der Waals surface area contributed by atoms with E-state index in [0.29, 0.717) is 13.0 Å². The van der Waals surface area contributed by atoms with Crippen molar-refractivity contribution in [2.75, 3.05) is 34.0 Å². The first-order valence-electron chi connectivity index (χ1n) is 5.82. The monoisotopic (exact) mass is 326 g/mol. The predicted molar refractivity (Wildman–Crippen MR) is 67.6 cm³/mol. The van der Waals surface area contributed by atoms with Crippen LogP contribution < -0.4 is 0 Å². The van der Waals surface area contributed by atoms with Gasteiger partial charge in [-0.25, -0.2) is 14.4 Å². The van der Waals surface area contributed by atoms with Crippen LogP contribution in [0, 0.1) is 0 Å². The molecule has 0 atom stereocenters. The number of esters is 1. The van der Waals surface area contributed by atoms with Crippen molar-refractivity contribution in [3.63, 3.8) is 0 Å². The minimum Gasteiger partial charge on any atom is -0.466 e. The van der Waals surface area contributed by atoms with E-state index >= 15 is 0 Å². The summed E-state index contributed by atoms with van der Waals surface area (Å²) in [5.41, 5.74) is 0. The Morgan fingerprint density at radius 1 is 1.05 bits per heavy atom. The Labute approximate surface area is 125 Å². The number of carbonyl (C=O) groups excluding carboxylic acids is 2. The van der Waals surface area contributed by atoms with Crippen molar-refractivity contribution < 1.29 is 53.1 Å². The van der Waals surface area contributed by atoms with Crippen LogP contribution in [0.15, 0.2) is 0 Å². The van der Waals surface area contributed by atoms with Gasteiger partial charge in [-0.05, 0) is 6.42 Å². The molecule has 22 heavy (non-hydrogen) atoms. The maximum atomic E-state index is 10.0. The molecule has 11 nitrogen and oxygen atoms in total. The van der Waals surface area contributed by atoms with Gasteiger partial charge < -0.3 is 33.9 Å². The normalized spacial score (nSPS) is 11.5. The van der Waals surface area contributed by atoms with Gasteiger partial charge in [-0.1, -0.05) is 0 Å². The fourth-order valence-electron chi connectivity index (χ4n) is 0.816. The zero-order chi connectivity index (χ0) is 17.4. The Bertz CT molecular complexity index is 320. The first kappa shape index (κ1) is 21.6. The van der Waals surface area contributed by atoms with Gasteiger partial charge in [-0.3, -0.25) is 4.79 Å². The number of carbonyl (C=O) groups is 4. The van der Waals surface area contributed by atoms with E-state index in [0.717, 1.165) is 6.42 Å². The minimum absolute atomic E-state index is 0.0463. The summed E-state index contributed by atoms with van der Waals surface area (Å²) in [6, 6.07) is 0. The first-order valence-corrected chi connectivity index (χ1v) is 5.82. The number of rotatable bonds is 3. The summed E-state index contributed by atoms with van der Waals surface area (Å²) in [6.45, 7) is 0.0854. The highest BCUT2D eigenvalue weighted by atomic mass is 16.7. The molecule has 0 saturated carbocycles. The highest BCUT2D eigenvalue weighted by molar-refractivity contribution is 5.70. The van der Waals surface area contributed by atoms with Crippen molar-refractivity contribution in [1.82, 2.24) is 0 Å². The molecule has 11 heteroatoms. The van der Waals surface area contributed by atoms with Crippen molar-refractivity contribution in [2.45, 2.75) is 12.8 Å². The van der Waals surface area contributed by atoms with Crippen LogP contribution in [-0.2, 0) is 28.5 Å². The van der Waals surface area contributed by atoms with E-state index in [1.165, 1.54) is 14.2 Å². The molecule has 1 aliphatic rings. The molecule has 128 valence electrons. The van der Waals surface area contributed by atoms with Crippen LogP contribution in [-0.4, -0.2) is 68.7 Å². The van der Waals surface area contributed by atoms with E-state index < -0.39 is 18.5 Å². The van der Waals surface area contributed by atoms with Crippen LogP contribution in [0.25, 0.3) is 0 Å². The van der Waals surface area contributed by atoms with Crippen LogP contribution in [0.3, 0.4) is 0 Å². The fourth-order valence-corrected chi connectivity index (χ4v) is 0.816. The van der Waals surface area contributed by atoms with Gasteiger partial charge in [0, 0.05) is 6.42 Å². The SMILES string of the molecule is COC(=O)OC.O=C(O)OCCOC(=O)O.O=C1CCCO1. The van der Waals surface area contributed by atoms with Crippen molar-refractivity contribution >= 4 is 24.4 Å². The van der Waals surface area contributed by atoms with Crippen molar-refractivity contribution in [3.05, 3.63) is 0 Å². The van der Waals surface area contributed by atoms with Gasteiger partial charge >= 0.3 is 24.4 Å². The van der Waals surface area contributed by atoms with Gasteiger partial charge in [0.05, 0.1) is 20.8 Å². The summed E-state index contributed by atoms with van der Waals surface area (Å²) in [5.74, 6) is -0.0463. The van der Waals surface area contributed by atoms with Crippen molar-refractivity contribution in [2.24, 2.45) is 0 Å². The number of ether oxygens (including phenoxy) is 5. The Hall–Kier alpha value is -2.72. The van der Waals surface area contributed by atoms with Gasteiger partial charge in [0.1, 0.15) is 13.2 Å². The molecular formula is C11H18O11. The molecule has 0 spiro atoms. The molecule has 0 aliphatic carbocycles. The molecule has 0 unspecified atom stereocenters. The predicted octanol–water partition coefficient (Wildman–Crippen LogP) is 1.10. The van der Waals surface area contributed by atoms with E-state index in [1.807, 2.05) is 0 Å². The molecule has 0 bridgehead atoms. The zero-order valence-corrected chi connectivity index (χ0v) is 12.1. The zero-order valence-electron chi connectivity index (χ0n) is 12.1. The molecule has 2 N–H and O–H groups in total. The minimum atomic E-state index is -1.45. The molecule has 1 heterocycles. The average molecular weight is 326 g/mol. The quantitative estimate of drug-likeness (QED) is 0.435. The van der Waals surface area contributed by atoms with E-state index in [2.05, 4.69) is 23.7 Å². The van der Waals surface area contributed by atoms with Gasteiger partial charge in [0.25, 0.3) is 0 Å². The lowest BCUT2D eigenvalue weighted by Crippen LogP contribution is -2.10. The summed E-state index contributed by atoms with van der Waals surface area (Å²) in [5, 5.41) is 15.7. The standard InChI is InChI=1S/C4H6O6.C4H6O2.C3H6O3/c5-3(6)9-1-2-10-4(7)8;5-4-2-1-3-6-4;1-5-3(4)6-2/h1-2H2,(H,5,6)(H,7,8);1-3H2;1-2H3. The third kappa shape index (κ3) is 19.6. The molecular weight excluding hydrogens is 308 g/mol. The molecule has 1 aliphatic heterocycles. The molecule has 1 rings (SSSR count). The highest BCUT2D eigenvalue weighted by Crippen LogP contribution is 2.01. The molecule has 0 aromatic heterocycles. The van der Waals surface area contributed by atoms with Crippen molar-refractivity contribution in [3.8, 4) is 0 Å². The second-order valence-electron chi connectivity index (χ2n) is 3.21. The lowest BCUT2D eigenvalue weighted by atomic mass is 10.4. The summed E-state index contributed by atoms with van der Waals surface area (Å²) < 4.78 is 20.4. The lowest BCUT2D eigenvalue weighted by Gasteiger charge is -1.98. The number of cyclic esters (lactones) is 1. The van der Waals surface area contributed by atoms with E-state index in [4.69, 9.17) is 10.2 Å². The van der Waals surface area contributed by atoms with Crippen LogP contribution >= 0.6 is 0 Å². The van der Waals surface area contributed by atoms with Crippen LogP contribution in [0.2, 0.25) is 0 Å². The van der Waals surface area contributed by atoms with Gasteiger partial charge in [0.2, 0.25) is 0 Å². The Morgan fingerprint density at radius 2 is 1.50 bits per heavy atom. The number of methoxy groups -OCH3 is 2. The first-order chi connectivity index (χ1) is 10.3. The maximum absolute atomic E-state index is 10.0. The van der Waals surface area contributed by atoms with Crippen molar-refractivity contribution in [1.29, 1.82) is 0 Å². The topological polar surface area (TPSA) is 155 Å². The maximum Gasteiger partial charge on any atom is 0.507 e. The second kappa shape index (κ2) is 14.7. The van der Waals surface area contributed by atoms with Crippen LogP contribution in [0.4, 0.5) is 14.4 Å². The third-order valence-electron chi connectivity index (χ3n) is 1.66. The molecule has 1 fully saturated rings. The van der Waals surface area contributed by atoms with Gasteiger partial charge in [0.15, 0.2) is 0 Å². The smallest absolute Gasteiger partial charge is 0.466 e. The van der Waals surface area contributed by atoms with Gasteiger partial charge in [-0.15, -0.1) is 0 Å². The summed E-state index contributed by atoms with van der Waals surface area (Å²) >= 11 is 0. The largest absolute Gasteiger partial charge is 0.507 e. The van der Waals surface area contributed by atoms with E-state index in [-0.39, 0.29) is 19.2 Å². The average Bonchev–Trinajstić information content (AvgIpc) is 2.95. The van der Waals surface area contributed by atoms with E-state index in [1.54, 1.807) is 0 Å². The lowest BCUT2D eigenvalue weighted by molar-refractivity contribution is -0.137. The van der Waals surface area contributed by atoms with Crippen LogP contribution in [0.5, 0.6) is 0 Å². The Kier molecular flexibility index (Phi) is 14.4. The number of hydrogen-bond acceptors (Lipinski definition) is 9. The Balaban J connectivity index is 0.